The van der Waals surface area contributed by atoms with Gasteiger partial charge in [0.2, 0.25) is 0 Å². The van der Waals surface area contributed by atoms with Crippen LogP contribution in [-0.4, -0.2) is 31.4 Å². The lowest BCUT2D eigenvalue weighted by Crippen LogP contribution is -2.35. The van der Waals surface area contributed by atoms with Crippen LogP contribution >= 0.6 is 0 Å². The summed E-state index contributed by atoms with van der Waals surface area (Å²) in [5.74, 6) is -0.0606. The van der Waals surface area contributed by atoms with Crippen LogP contribution in [0.5, 0.6) is 0 Å². The summed E-state index contributed by atoms with van der Waals surface area (Å²) in [7, 11) is 3.17. The highest BCUT2D eigenvalue weighted by Gasteiger charge is 2.24. The second-order valence-corrected chi connectivity index (χ2v) is 3.79. The van der Waals surface area contributed by atoms with Gasteiger partial charge < -0.3 is 15.2 Å². The normalized spacial score (nSPS) is 15.1. The lowest BCUT2D eigenvalue weighted by molar-refractivity contribution is 0.0781. The van der Waals surface area contributed by atoms with Gasteiger partial charge in [-0.25, -0.2) is 0 Å². The van der Waals surface area contributed by atoms with Crippen LogP contribution < -0.4 is 5.06 Å². The number of hydrogen-bond donors (Lipinski definition) is 0. The molecule has 2 rings (SSSR count). The van der Waals surface area contributed by atoms with Gasteiger partial charge in [-0.3, -0.25) is 4.79 Å². The topological polar surface area (TPSA) is 46.6 Å². The molecular weight excluding hydrogens is 192 g/mol. The maximum atomic E-state index is 11.9. The van der Waals surface area contributed by atoms with Crippen molar-refractivity contribution in [2.45, 2.75) is 6.42 Å². The number of carbonyl (C=O) groups excluding carboxylic acids is 1. The van der Waals surface area contributed by atoms with Crippen LogP contribution in [0.25, 0.3) is 0 Å². The summed E-state index contributed by atoms with van der Waals surface area (Å²) in [6.45, 7) is 0.720. The molecule has 4 nitrogen and oxygen atoms in total. The molecule has 0 unspecified atom stereocenters. The van der Waals surface area contributed by atoms with E-state index in [1.807, 2.05) is 12.1 Å². The van der Waals surface area contributed by atoms with Gasteiger partial charge in [0.1, 0.15) is 0 Å². The first-order valence-electron chi connectivity index (χ1n) is 4.89. The van der Waals surface area contributed by atoms with Crippen LogP contribution in [0.4, 0.5) is 5.69 Å². The Morgan fingerprint density at radius 3 is 2.87 bits per heavy atom. The highest BCUT2D eigenvalue weighted by molar-refractivity contribution is 6.02. The van der Waals surface area contributed by atoms with Crippen molar-refractivity contribution in [2.24, 2.45) is 0 Å². The predicted octanol–water partition coefficient (Wildman–Crippen LogP) is 1.25. The highest BCUT2D eigenvalue weighted by atomic mass is 16.5. The van der Waals surface area contributed by atoms with Crippen LogP contribution in [0.2, 0.25) is 0 Å². The standard InChI is InChI=1S/C11H13N2O2/c1-12-7-6-8-4-3-5-9(13(2)15)10(8)11(12)14/h3-5H,6-7H2,1-2H3/q-1. The van der Waals surface area contributed by atoms with Crippen molar-refractivity contribution in [1.29, 1.82) is 0 Å². The minimum atomic E-state index is -0.0606. The van der Waals surface area contributed by atoms with Gasteiger partial charge in [-0.05, 0) is 25.1 Å². The van der Waals surface area contributed by atoms with Crippen LogP contribution in [-0.2, 0) is 6.42 Å². The molecule has 1 aliphatic heterocycles. The van der Waals surface area contributed by atoms with E-state index in [2.05, 4.69) is 0 Å². The van der Waals surface area contributed by atoms with Crippen LogP contribution in [0, 0.1) is 5.21 Å². The predicted molar refractivity (Wildman–Crippen MR) is 58.9 cm³/mol. The molecule has 1 heterocycles. The first-order chi connectivity index (χ1) is 7.11. The van der Waals surface area contributed by atoms with Gasteiger partial charge in [-0.1, -0.05) is 12.1 Å². The van der Waals surface area contributed by atoms with Crippen LogP contribution in [0.15, 0.2) is 18.2 Å². The fraction of sp³-hybridized carbons (Fsp3) is 0.364. The molecule has 0 fully saturated rings. The number of likely N-dealkylation sites (N-methyl/N-ethyl adjacent to an activating group) is 1. The first kappa shape index (κ1) is 9.98. The third-order valence-corrected chi connectivity index (χ3v) is 2.75. The van der Waals surface area contributed by atoms with Gasteiger partial charge in [-0.15, -0.1) is 0 Å². The summed E-state index contributed by atoms with van der Waals surface area (Å²) in [6, 6.07) is 5.41. The Hall–Kier alpha value is -1.55. The number of amides is 1. The molecule has 0 spiro atoms. The molecule has 1 aromatic carbocycles. The smallest absolute Gasteiger partial charge is 0.255 e. The van der Waals surface area contributed by atoms with E-state index < -0.39 is 0 Å². The first-order valence-corrected chi connectivity index (χ1v) is 4.89. The molecule has 1 aromatic rings. The van der Waals surface area contributed by atoms with E-state index in [1.54, 1.807) is 18.0 Å². The summed E-state index contributed by atoms with van der Waals surface area (Å²) < 4.78 is 0. The minimum Gasteiger partial charge on any atom is -0.758 e. The molecule has 1 amide bonds. The molecule has 0 bridgehead atoms. The number of anilines is 1. The maximum absolute atomic E-state index is 11.9. The van der Waals surface area contributed by atoms with Crippen molar-refractivity contribution in [3.63, 3.8) is 0 Å². The molecule has 0 atom stereocenters. The van der Waals surface area contributed by atoms with E-state index in [-0.39, 0.29) is 5.91 Å². The van der Waals surface area contributed by atoms with Gasteiger partial charge in [0.15, 0.2) is 0 Å². The van der Waals surface area contributed by atoms with Gasteiger partial charge in [0.25, 0.3) is 5.91 Å². The number of benzene rings is 1. The molecule has 15 heavy (non-hydrogen) atoms. The Balaban J connectivity index is 2.57. The molecule has 0 N–H and O–H groups in total. The fourth-order valence-electron chi connectivity index (χ4n) is 1.88. The fourth-order valence-corrected chi connectivity index (χ4v) is 1.88. The van der Waals surface area contributed by atoms with Gasteiger partial charge in [0, 0.05) is 19.3 Å². The van der Waals surface area contributed by atoms with Crippen molar-refractivity contribution < 1.29 is 4.79 Å². The third-order valence-electron chi connectivity index (χ3n) is 2.75. The van der Waals surface area contributed by atoms with Crippen molar-refractivity contribution >= 4 is 11.6 Å². The van der Waals surface area contributed by atoms with Crippen molar-refractivity contribution in [1.82, 2.24) is 4.90 Å². The largest absolute Gasteiger partial charge is 0.758 e. The van der Waals surface area contributed by atoms with E-state index in [4.69, 9.17) is 0 Å². The van der Waals surface area contributed by atoms with E-state index in [0.29, 0.717) is 11.3 Å². The zero-order valence-corrected chi connectivity index (χ0v) is 8.86. The number of nitrogens with zero attached hydrogens (tertiary/aromatic N) is 2. The third kappa shape index (κ3) is 1.57. The quantitative estimate of drug-likeness (QED) is 0.648. The zero-order chi connectivity index (χ0) is 11.0. The van der Waals surface area contributed by atoms with Gasteiger partial charge in [0.05, 0.1) is 5.56 Å². The van der Waals surface area contributed by atoms with E-state index in [9.17, 15) is 10.0 Å². The Kier molecular flexibility index (Phi) is 2.36. The number of hydrogen-bond acceptors (Lipinski definition) is 3. The average molecular weight is 205 g/mol. The highest BCUT2D eigenvalue weighted by Crippen LogP contribution is 2.27. The number of hydroxylamine groups is 1. The number of rotatable bonds is 1. The lowest BCUT2D eigenvalue weighted by atomic mass is 9.97. The van der Waals surface area contributed by atoms with Crippen molar-refractivity contribution in [2.75, 3.05) is 25.7 Å². The lowest BCUT2D eigenvalue weighted by Gasteiger charge is -2.32. The van der Waals surface area contributed by atoms with E-state index >= 15 is 0 Å². The molecule has 1 aliphatic rings. The van der Waals surface area contributed by atoms with Crippen LogP contribution in [0.1, 0.15) is 15.9 Å². The van der Waals surface area contributed by atoms with Crippen molar-refractivity contribution in [3.8, 4) is 0 Å². The molecule has 80 valence electrons. The Labute approximate surface area is 88.7 Å². The summed E-state index contributed by atoms with van der Waals surface area (Å²) in [4.78, 5) is 13.6. The van der Waals surface area contributed by atoms with E-state index in [0.717, 1.165) is 23.6 Å². The molecule has 0 aromatic heterocycles. The summed E-state index contributed by atoms with van der Waals surface area (Å²) in [6.07, 6.45) is 0.819. The number of carbonyl (C=O) groups is 1. The second-order valence-electron chi connectivity index (χ2n) is 3.79. The van der Waals surface area contributed by atoms with E-state index in [1.165, 1.54) is 7.05 Å². The molecule has 0 saturated heterocycles. The second kappa shape index (κ2) is 3.55. The Morgan fingerprint density at radius 1 is 1.47 bits per heavy atom. The SMILES string of the molecule is CN1CCc2cccc(N(C)[O-])c2C1=O. The Morgan fingerprint density at radius 2 is 2.20 bits per heavy atom. The number of fused-ring (bicyclic) bond motifs is 1. The monoisotopic (exact) mass is 205 g/mol. The van der Waals surface area contributed by atoms with Gasteiger partial charge >= 0.3 is 0 Å². The summed E-state index contributed by atoms with van der Waals surface area (Å²) in [5.41, 5.74) is 1.99. The Bertz CT molecular complexity index is 402. The molecule has 0 aliphatic carbocycles. The maximum Gasteiger partial charge on any atom is 0.255 e. The van der Waals surface area contributed by atoms with Crippen molar-refractivity contribution in [3.05, 3.63) is 34.5 Å². The molecule has 0 radical (unpaired) electrons. The van der Waals surface area contributed by atoms with Gasteiger partial charge in [-0.2, -0.15) is 0 Å². The minimum absolute atomic E-state index is 0.0606. The zero-order valence-electron chi connectivity index (χ0n) is 8.86. The van der Waals surface area contributed by atoms with Crippen LogP contribution in [0.3, 0.4) is 0 Å². The average Bonchev–Trinajstić information content (AvgIpc) is 2.23. The summed E-state index contributed by atoms with van der Waals surface area (Å²) in [5, 5.41) is 12.1. The summed E-state index contributed by atoms with van der Waals surface area (Å²) >= 11 is 0. The molecular formula is C11H13N2O2-. The molecule has 0 saturated carbocycles. The molecule has 4 heteroatoms.